The van der Waals surface area contributed by atoms with E-state index in [0.717, 1.165) is 17.1 Å². The van der Waals surface area contributed by atoms with Gasteiger partial charge >= 0.3 is 0 Å². The van der Waals surface area contributed by atoms with Crippen LogP contribution in [0, 0.1) is 0 Å². The molecule has 0 saturated heterocycles. The van der Waals surface area contributed by atoms with Gasteiger partial charge in [0.2, 0.25) is 5.91 Å². The van der Waals surface area contributed by atoms with Crippen LogP contribution in [-0.4, -0.2) is 43.7 Å². The molecule has 1 heterocycles. The number of ether oxygens (including phenoxy) is 2. The Morgan fingerprint density at radius 1 is 1.29 bits per heavy atom. The number of fused-ring (bicyclic) bond motifs is 1. The zero-order valence-corrected chi connectivity index (χ0v) is 13.0. The van der Waals surface area contributed by atoms with Crippen LogP contribution in [0.5, 0.6) is 11.5 Å². The van der Waals surface area contributed by atoms with Crippen molar-refractivity contribution in [2.24, 2.45) is 0 Å². The lowest BCUT2D eigenvalue weighted by Gasteiger charge is -2.21. The number of nitrogens with one attached hydrogen (secondary N) is 1. The molecule has 0 radical (unpaired) electrons. The van der Waals surface area contributed by atoms with Gasteiger partial charge in [0.1, 0.15) is 13.2 Å². The van der Waals surface area contributed by atoms with Gasteiger partial charge in [0.15, 0.2) is 11.5 Å². The highest BCUT2D eigenvalue weighted by Gasteiger charge is 2.14. The van der Waals surface area contributed by atoms with Crippen molar-refractivity contribution >= 4 is 5.91 Å². The first-order valence-corrected chi connectivity index (χ1v) is 7.42. The summed E-state index contributed by atoms with van der Waals surface area (Å²) in [5.74, 6) is 1.68. The Balaban J connectivity index is 1.87. The summed E-state index contributed by atoms with van der Waals surface area (Å²) in [7, 11) is 1.83. The lowest BCUT2D eigenvalue weighted by Crippen LogP contribution is -2.31. The van der Waals surface area contributed by atoms with Gasteiger partial charge in [-0.2, -0.15) is 0 Å². The van der Waals surface area contributed by atoms with Crippen LogP contribution in [-0.2, 0) is 11.3 Å². The summed E-state index contributed by atoms with van der Waals surface area (Å²) < 4.78 is 11.1. The maximum atomic E-state index is 12.0. The molecule has 0 aromatic heterocycles. The fraction of sp³-hybridized carbons (Fsp3) is 0.562. The second-order valence-corrected chi connectivity index (χ2v) is 5.59. The summed E-state index contributed by atoms with van der Waals surface area (Å²) in [4.78, 5) is 13.8. The molecule has 1 N–H and O–H groups in total. The van der Waals surface area contributed by atoms with Crippen LogP contribution >= 0.6 is 0 Å². The van der Waals surface area contributed by atoms with E-state index in [9.17, 15) is 4.79 Å². The molecule has 5 heteroatoms. The number of hydrogen-bond acceptors (Lipinski definition) is 4. The van der Waals surface area contributed by atoms with Gasteiger partial charge in [-0.25, -0.2) is 0 Å². The maximum absolute atomic E-state index is 12.0. The molecule has 0 bridgehead atoms. The minimum Gasteiger partial charge on any atom is -0.486 e. The van der Waals surface area contributed by atoms with Crippen LogP contribution in [0.1, 0.15) is 25.8 Å². The second kappa shape index (κ2) is 7.31. The average molecular weight is 292 g/mol. The largest absolute Gasteiger partial charge is 0.486 e. The molecular formula is C16H24N2O3. The van der Waals surface area contributed by atoms with Crippen molar-refractivity contribution in [2.45, 2.75) is 32.9 Å². The van der Waals surface area contributed by atoms with E-state index in [-0.39, 0.29) is 5.91 Å². The first-order valence-electron chi connectivity index (χ1n) is 7.42. The molecule has 0 unspecified atom stereocenters. The standard InChI is InChI=1S/C16H24N2O3/c1-12(2)17-7-6-16(19)18(3)11-13-4-5-14-15(10-13)21-9-8-20-14/h4-5,10,12,17H,6-9,11H2,1-3H3. The third-order valence-corrected chi connectivity index (χ3v) is 3.34. The first kappa shape index (κ1) is 15.6. The topological polar surface area (TPSA) is 50.8 Å². The number of nitrogens with zero attached hydrogens (tertiary/aromatic N) is 1. The van der Waals surface area contributed by atoms with Gasteiger partial charge in [-0.3, -0.25) is 4.79 Å². The Hall–Kier alpha value is -1.75. The summed E-state index contributed by atoms with van der Waals surface area (Å²) in [6, 6.07) is 6.23. The smallest absolute Gasteiger partial charge is 0.223 e. The molecule has 2 rings (SSSR count). The summed E-state index contributed by atoms with van der Waals surface area (Å²) >= 11 is 0. The van der Waals surface area contributed by atoms with Gasteiger partial charge in [-0.05, 0) is 17.7 Å². The molecular weight excluding hydrogens is 268 g/mol. The third kappa shape index (κ3) is 4.63. The highest BCUT2D eigenvalue weighted by molar-refractivity contribution is 5.76. The number of carbonyl (C=O) groups is 1. The van der Waals surface area contributed by atoms with E-state index >= 15 is 0 Å². The predicted molar refractivity (Wildman–Crippen MR) is 81.7 cm³/mol. The number of hydrogen-bond donors (Lipinski definition) is 1. The summed E-state index contributed by atoms with van der Waals surface area (Å²) in [6.07, 6.45) is 0.513. The highest BCUT2D eigenvalue weighted by Crippen LogP contribution is 2.31. The molecule has 0 saturated carbocycles. The molecule has 21 heavy (non-hydrogen) atoms. The van der Waals surface area contributed by atoms with E-state index in [0.29, 0.717) is 38.8 Å². The number of carbonyl (C=O) groups excluding carboxylic acids is 1. The van der Waals surface area contributed by atoms with Crippen molar-refractivity contribution in [3.63, 3.8) is 0 Å². The lowest BCUT2D eigenvalue weighted by atomic mass is 10.1. The molecule has 116 valence electrons. The Kier molecular flexibility index (Phi) is 5.44. The van der Waals surface area contributed by atoms with Crippen LogP contribution < -0.4 is 14.8 Å². The predicted octanol–water partition coefficient (Wildman–Crippen LogP) is 1.80. The second-order valence-electron chi connectivity index (χ2n) is 5.59. The Morgan fingerprint density at radius 2 is 2.00 bits per heavy atom. The van der Waals surface area contributed by atoms with E-state index in [1.165, 1.54) is 0 Å². The molecule has 1 aromatic rings. The normalized spacial score (nSPS) is 13.3. The average Bonchev–Trinajstić information content (AvgIpc) is 2.46. The molecule has 0 atom stereocenters. The third-order valence-electron chi connectivity index (χ3n) is 3.34. The summed E-state index contributed by atoms with van der Waals surface area (Å²) in [6.45, 7) is 6.60. The molecule has 1 aliphatic heterocycles. The van der Waals surface area contributed by atoms with Crippen molar-refractivity contribution in [1.29, 1.82) is 0 Å². The van der Waals surface area contributed by atoms with E-state index in [1.807, 2.05) is 25.2 Å². The molecule has 5 nitrogen and oxygen atoms in total. The molecule has 0 aliphatic carbocycles. The molecule has 1 aliphatic rings. The first-order chi connectivity index (χ1) is 10.1. The van der Waals surface area contributed by atoms with E-state index in [4.69, 9.17) is 9.47 Å². The zero-order valence-electron chi connectivity index (χ0n) is 13.0. The molecule has 0 spiro atoms. The molecule has 1 aromatic carbocycles. The minimum atomic E-state index is 0.137. The van der Waals surface area contributed by atoms with Gasteiger partial charge in [-0.1, -0.05) is 19.9 Å². The maximum Gasteiger partial charge on any atom is 0.223 e. The van der Waals surface area contributed by atoms with Gasteiger partial charge in [0, 0.05) is 32.6 Å². The number of benzene rings is 1. The summed E-state index contributed by atoms with van der Waals surface area (Å²) in [5.41, 5.74) is 1.05. The zero-order chi connectivity index (χ0) is 15.2. The Bertz CT molecular complexity index is 488. The van der Waals surface area contributed by atoms with Crippen molar-refractivity contribution in [3.8, 4) is 11.5 Å². The van der Waals surface area contributed by atoms with Crippen LogP contribution in [0.2, 0.25) is 0 Å². The minimum absolute atomic E-state index is 0.137. The van der Waals surface area contributed by atoms with Crippen molar-refractivity contribution in [3.05, 3.63) is 23.8 Å². The lowest BCUT2D eigenvalue weighted by molar-refractivity contribution is -0.130. The summed E-state index contributed by atoms with van der Waals surface area (Å²) in [5, 5.41) is 3.25. The number of amides is 1. The molecule has 1 amide bonds. The van der Waals surface area contributed by atoms with E-state index in [1.54, 1.807) is 4.90 Å². The number of rotatable bonds is 6. The van der Waals surface area contributed by atoms with E-state index < -0.39 is 0 Å². The molecule has 0 fully saturated rings. The van der Waals surface area contributed by atoms with Gasteiger partial charge < -0.3 is 19.7 Å². The Labute approximate surface area is 126 Å². The quantitative estimate of drug-likeness (QED) is 0.869. The van der Waals surface area contributed by atoms with Crippen molar-refractivity contribution in [2.75, 3.05) is 26.8 Å². The van der Waals surface area contributed by atoms with Gasteiger partial charge in [0.25, 0.3) is 0 Å². The fourth-order valence-electron chi connectivity index (χ4n) is 2.21. The van der Waals surface area contributed by atoms with Crippen molar-refractivity contribution < 1.29 is 14.3 Å². The van der Waals surface area contributed by atoms with E-state index in [2.05, 4.69) is 19.2 Å². The van der Waals surface area contributed by atoms with Crippen LogP contribution in [0.15, 0.2) is 18.2 Å². The van der Waals surface area contributed by atoms with Crippen LogP contribution in [0.25, 0.3) is 0 Å². The van der Waals surface area contributed by atoms with Gasteiger partial charge in [0.05, 0.1) is 0 Å². The Morgan fingerprint density at radius 3 is 2.71 bits per heavy atom. The highest BCUT2D eigenvalue weighted by atomic mass is 16.6. The van der Waals surface area contributed by atoms with Gasteiger partial charge in [-0.15, -0.1) is 0 Å². The monoisotopic (exact) mass is 292 g/mol. The fourth-order valence-corrected chi connectivity index (χ4v) is 2.21. The van der Waals surface area contributed by atoms with Crippen molar-refractivity contribution in [1.82, 2.24) is 10.2 Å². The van der Waals surface area contributed by atoms with Crippen LogP contribution in [0.3, 0.4) is 0 Å². The van der Waals surface area contributed by atoms with Crippen LogP contribution in [0.4, 0.5) is 0 Å². The SMILES string of the molecule is CC(C)NCCC(=O)N(C)Cc1ccc2c(c1)OCCO2.